The van der Waals surface area contributed by atoms with E-state index in [1.807, 2.05) is 6.07 Å². The molecule has 3 saturated carbocycles. The molecular weight excluding hydrogens is 687 g/mol. The number of aromatic amines is 1. The Balaban J connectivity index is 0.870. The highest BCUT2D eigenvalue weighted by molar-refractivity contribution is 5.87. The molecule has 10 heteroatoms. The average molecular weight is 746 g/mol. The lowest BCUT2D eigenvalue weighted by molar-refractivity contribution is -0.161. The molecule has 4 heterocycles. The molecule has 4 aliphatic rings. The molecule has 3 aliphatic carbocycles. The van der Waals surface area contributed by atoms with Gasteiger partial charge in [-0.05, 0) is 124 Å². The summed E-state index contributed by atoms with van der Waals surface area (Å²) in [4.78, 5) is 20.9. The maximum absolute atomic E-state index is 6.75. The number of fused-ring (bicyclic) bond motifs is 3. The number of nitrogens with one attached hydrogen (secondary N) is 2. The SMILES string of the molecule is COc1ccc(CNc2ncnc3c2ccn3[C@@H]2C[C@H](CN(CC3CC3)C3CC(CCc4nc5ccc(C(C)(C)C)cc5[nH]4)C3)[C@H]3OC(C)(C)O[C@H]32)c(C)c1. The molecule has 0 amide bonds. The van der Waals surface area contributed by atoms with Crippen molar-refractivity contribution in [2.75, 3.05) is 25.5 Å². The van der Waals surface area contributed by atoms with Crippen molar-refractivity contribution >= 4 is 27.9 Å². The second-order valence-electron chi connectivity index (χ2n) is 18.5. The van der Waals surface area contributed by atoms with Crippen LogP contribution < -0.4 is 10.1 Å². The normalized spacial score (nSPS) is 26.2. The van der Waals surface area contributed by atoms with E-state index in [-0.39, 0.29) is 23.7 Å². The predicted octanol–water partition coefficient (Wildman–Crippen LogP) is 8.74. The van der Waals surface area contributed by atoms with E-state index in [1.54, 1.807) is 13.4 Å². The fourth-order valence-electron chi connectivity index (χ4n) is 9.59. The summed E-state index contributed by atoms with van der Waals surface area (Å²) in [6, 6.07) is 15.8. The van der Waals surface area contributed by atoms with Gasteiger partial charge in [-0.2, -0.15) is 0 Å². The van der Waals surface area contributed by atoms with Gasteiger partial charge in [0.25, 0.3) is 0 Å². The highest BCUT2D eigenvalue weighted by Gasteiger charge is 2.55. The number of imidazole rings is 1. The number of rotatable bonds is 13. The quantitative estimate of drug-likeness (QED) is 0.123. The zero-order valence-electron chi connectivity index (χ0n) is 33.8. The van der Waals surface area contributed by atoms with E-state index >= 15 is 0 Å². The summed E-state index contributed by atoms with van der Waals surface area (Å²) in [5, 5.41) is 4.62. The molecule has 2 N–H and O–H groups in total. The lowest BCUT2D eigenvalue weighted by atomic mass is 9.76. The van der Waals surface area contributed by atoms with Gasteiger partial charge in [0.2, 0.25) is 0 Å². The maximum Gasteiger partial charge on any atom is 0.163 e. The summed E-state index contributed by atoms with van der Waals surface area (Å²) in [6.07, 6.45) is 12.4. The number of hydrogen-bond donors (Lipinski definition) is 2. The van der Waals surface area contributed by atoms with Crippen molar-refractivity contribution in [1.82, 2.24) is 29.4 Å². The smallest absolute Gasteiger partial charge is 0.163 e. The summed E-state index contributed by atoms with van der Waals surface area (Å²) < 4.78 is 21.2. The molecule has 0 spiro atoms. The summed E-state index contributed by atoms with van der Waals surface area (Å²) in [6.45, 7) is 16.0. The Morgan fingerprint density at radius 2 is 1.80 bits per heavy atom. The Hall–Kier alpha value is -3.99. The summed E-state index contributed by atoms with van der Waals surface area (Å²) in [5.74, 6) is 4.21. The van der Waals surface area contributed by atoms with Gasteiger partial charge in [-0.1, -0.05) is 32.9 Å². The molecule has 4 fully saturated rings. The predicted molar refractivity (Wildman–Crippen MR) is 217 cm³/mol. The molecule has 1 saturated heterocycles. The largest absolute Gasteiger partial charge is 0.497 e. The number of benzene rings is 2. The Bertz CT molecular complexity index is 2160. The van der Waals surface area contributed by atoms with E-state index in [9.17, 15) is 0 Å². The Kier molecular flexibility index (Phi) is 9.45. The molecule has 4 atom stereocenters. The van der Waals surface area contributed by atoms with Crippen molar-refractivity contribution < 1.29 is 14.2 Å². The van der Waals surface area contributed by atoms with Crippen LogP contribution in [0.2, 0.25) is 0 Å². The minimum atomic E-state index is -0.610. The molecule has 9 rings (SSSR count). The molecule has 3 aromatic heterocycles. The van der Waals surface area contributed by atoms with Gasteiger partial charge < -0.3 is 29.1 Å². The molecule has 55 heavy (non-hydrogen) atoms. The molecule has 292 valence electrons. The van der Waals surface area contributed by atoms with E-state index < -0.39 is 5.79 Å². The van der Waals surface area contributed by atoms with Crippen molar-refractivity contribution in [2.24, 2.45) is 17.8 Å². The van der Waals surface area contributed by atoms with Gasteiger partial charge in [-0.25, -0.2) is 15.0 Å². The van der Waals surface area contributed by atoms with Crippen LogP contribution in [-0.2, 0) is 27.9 Å². The molecule has 10 nitrogen and oxygen atoms in total. The van der Waals surface area contributed by atoms with Gasteiger partial charge in [-0.3, -0.25) is 4.90 Å². The van der Waals surface area contributed by atoms with Gasteiger partial charge in [0.05, 0.1) is 35.7 Å². The van der Waals surface area contributed by atoms with Gasteiger partial charge >= 0.3 is 0 Å². The standard InChI is InChI=1S/C45H59N7O3/c1-27-18-34(53-7)13-11-30(27)23-46-42-35-16-17-52(43(35)48-26-47-42)38-21-31(40-41(38)55-45(5,6)54-40)25-51(24-28-8-9-28)33-19-29(20-33)10-15-39-49-36-14-12-32(44(2,3)4)22-37(36)50-39/h11-14,16-18,22,26,28-29,31,33,38,40-41H,8-10,15,19-21,23-25H2,1-7H3,(H,49,50)(H,46,47,48)/t29?,31-,33?,38-,40-,41+/m1/s1. The van der Waals surface area contributed by atoms with Crippen LogP contribution in [0.25, 0.3) is 22.1 Å². The van der Waals surface area contributed by atoms with Crippen molar-refractivity contribution in [3.8, 4) is 5.75 Å². The summed E-state index contributed by atoms with van der Waals surface area (Å²) in [7, 11) is 1.70. The lowest BCUT2D eigenvalue weighted by Crippen LogP contribution is -2.48. The van der Waals surface area contributed by atoms with Crippen LogP contribution in [0, 0.1) is 24.7 Å². The van der Waals surface area contributed by atoms with Crippen LogP contribution in [0.3, 0.4) is 0 Å². The van der Waals surface area contributed by atoms with Gasteiger partial charge in [-0.15, -0.1) is 0 Å². The van der Waals surface area contributed by atoms with Gasteiger partial charge in [0, 0.05) is 44.2 Å². The number of methoxy groups -OCH3 is 1. The maximum atomic E-state index is 6.75. The minimum absolute atomic E-state index is 0.0240. The molecule has 0 unspecified atom stereocenters. The highest BCUT2D eigenvalue weighted by Crippen LogP contribution is 2.49. The van der Waals surface area contributed by atoms with E-state index in [0.29, 0.717) is 18.5 Å². The van der Waals surface area contributed by atoms with Crippen LogP contribution in [0.15, 0.2) is 55.0 Å². The second kappa shape index (κ2) is 14.2. The third kappa shape index (κ3) is 7.50. The van der Waals surface area contributed by atoms with Crippen LogP contribution in [0.5, 0.6) is 5.75 Å². The van der Waals surface area contributed by atoms with Crippen LogP contribution in [-0.4, -0.2) is 73.6 Å². The zero-order chi connectivity index (χ0) is 38.1. The molecule has 2 aromatic carbocycles. The van der Waals surface area contributed by atoms with Crippen LogP contribution >= 0.6 is 0 Å². The number of aryl methyl sites for hydroxylation is 2. The second-order valence-corrected chi connectivity index (χ2v) is 18.5. The highest BCUT2D eigenvalue weighted by atomic mass is 16.8. The average Bonchev–Trinajstić information content (AvgIpc) is 3.40. The van der Waals surface area contributed by atoms with E-state index in [4.69, 9.17) is 24.2 Å². The van der Waals surface area contributed by atoms with Gasteiger partial charge in [0.1, 0.15) is 35.5 Å². The van der Waals surface area contributed by atoms with E-state index in [0.717, 1.165) is 70.7 Å². The van der Waals surface area contributed by atoms with Gasteiger partial charge in [0.15, 0.2) is 5.79 Å². The van der Waals surface area contributed by atoms with E-state index in [1.165, 1.54) is 55.3 Å². The number of ether oxygens (including phenoxy) is 3. The minimum Gasteiger partial charge on any atom is -0.497 e. The first-order chi connectivity index (χ1) is 26.4. The molecule has 5 aromatic rings. The van der Waals surface area contributed by atoms with Crippen molar-refractivity contribution in [2.45, 2.75) is 129 Å². The Morgan fingerprint density at radius 1 is 0.982 bits per heavy atom. The van der Waals surface area contributed by atoms with E-state index in [2.05, 4.69) is 109 Å². The number of aromatic nitrogens is 5. The third-order valence-electron chi connectivity index (χ3n) is 13.0. The van der Waals surface area contributed by atoms with Crippen molar-refractivity contribution in [1.29, 1.82) is 0 Å². The monoisotopic (exact) mass is 745 g/mol. The first-order valence-corrected chi connectivity index (χ1v) is 20.7. The fraction of sp³-hybridized carbons (Fsp3) is 0.578. The van der Waals surface area contributed by atoms with Crippen molar-refractivity contribution in [3.63, 3.8) is 0 Å². The first kappa shape index (κ1) is 36.6. The molecule has 0 bridgehead atoms. The topological polar surface area (TPSA) is 102 Å². The molecule has 0 radical (unpaired) electrons. The first-order valence-electron chi connectivity index (χ1n) is 20.7. The lowest BCUT2D eigenvalue weighted by Gasteiger charge is -2.44. The zero-order valence-corrected chi connectivity index (χ0v) is 33.8. The number of nitrogens with zero attached hydrogens (tertiary/aromatic N) is 5. The van der Waals surface area contributed by atoms with Crippen LogP contribution in [0.1, 0.15) is 102 Å². The number of H-pyrrole nitrogens is 1. The molecule has 1 aliphatic heterocycles. The molecular formula is C45H59N7O3. The van der Waals surface area contributed by atoms with Crippen molar-refractivity contribution in [3.05, 3.63) is 77.5 Å². The number of anilines is 1. The summed E-state index contributed by atoms with van der Waals surface area (Å²) >= 11 is 0. The Morgan fingerprint density at radius 3 is 2.56 bits per heavy atom. The number of hydrogen-bond acceptors (Lipinski definition) is 8. The fourth-order valence-corrected chi connectivity index (χ4v) is 9.59. The summed E-state index contributed by atoms with van der Waals surface area (Å²) in [5.41, 5.74) is 7.06. The van der Waals surface area contributed by atoms with Crippen LogP contribution in [0.4, 0.5) is 5.82 Å². The Labute approximate surface area is 325 Å². The third-order valence-corrected chi connectivity index (χ3v) is 13.0.